The van der Waals surface area contributed by atoms with Crippen molar-refractivity contribution in [1.82, 2.24) is 9.78 Å². The van der Waals surface area contributed by atoms with E-state index in [-0.39, 0.29) is 11.1 Å². The van der Waals surface area contributed by atoms with E-state index in [1.165, 1.54) is 0 Å². The third-order valence-corrected chi connectivity index (χ3v) is 4.22. The Morgan fingerprint density at radius 1 is 0.920 bits per heavy atom. The molecule has 0 atom stereocenters. The lowest BCUT2D eigenvalue weighted by Gasteiger charge is -2.10. The monoisotopic (exact) mass is 329 g/mol. The summed E-state index contributed by atoms with van der Waals surface area (Å²) in [7, 11) is 1.72. The fraction of sp³-hybridized carbons (Fsp3) is 0.0500. The van der Waals surface area contributed by atoms with Crippen LogP contribution in [-0.4, -0.2) is 15.7 Å². The van der Waals surface area contributed by atoms with E-state index >= 15 is 0 Å². The summed E-state index contributed by atoms with van der Waals surface area (Å²) in [5, 5.41) is 9.39. The van der Waals surface area contributed by atoms with Gasteiger partial charge in [-0.3, -0.25) is 14.3 Å². The lowest BCUT2D eigenvalue weighted by molar-refractivity contribution is 0.101. The Morgan fingerprint density at radius 2 is 1.60 bits per heavy atom. The number of aryl methyl sites for hydroxylation is 1. The third kappa shape index (κ3) is 2.55. The van der Waals surface area contributed by atoms with E-state index in [0.29, 0.717) is 16.6 Å². The van der Waals surface area contributed by atoms with E-state index in [9.17, 15) is 9.59 Å². The highest BCUT2D eigenvalue weighted by Gasteiger charge is 2.17. The number of anilines is 1. The van der Waals surface area contributed by atoms with Gasteiger partial charge in [-0.2, -0.15) is 5.10 Å². The summed E-state index contributed by atoms with van der Waals surface area (Å²) in [6.07, 6.45) is 0. The molecule has 0 saturated heterocycles. The number of nitrogens with one attached hydrogen (secondary N) is 1. The van der Waals surface area contributed by atoms with Crippen molar-refractivity contribution in [3.63, 3.8) is 0 Å². The maximum Gasteiger partial charge on any atom is 0.280 e. The SMILES string of the molecule is Cn1nc(C(=O)Nc2cccc3ccccc23)c(=O)c2ccccc21. The van der Waals surface area contributed by atoms with Crippen LogP contribution < -0.4 is 10.7 Å². The average molecular weight is 329 g/mol. The molecule has 0 aliphatic carbocycles. The van der Waals surface area contributed by atoms with Gasteiger partial charge in [-0.25, -0.2) is 0 Å². The van der Waals surface area contributed by atoms with Crippen LogP contribution in [-0.2, 0) is 7.05 Å². The molecule has 4 rings (SSSR count). The van der Waals surface area contributed by atoms with Crippen molar-refractivity contribution in [1.29, 1.82) is 0 Å². The minimum absolute atomic E-state index is 0.117. The molecule has 5 nitrogen and oxygen atoms in total. The van der Waals surface area contributed by atoms with Crippen molar-refractivity contribution in [2.45, 2.75) is 0 Å². The van der Waals surface area contributed by atoms with E-state index in [0.717, 1.165) is 10.8 Å². The minimum atomic E-state index is -0.511. The van der Waals surface area contributed by atoms with Gasteiger partial charge in [-0.05, 0) is 23.6 Å². The number of fused-ring (bicyclic) bond motifs is 2. The van der Waals surface area contributed by atoms with E-state index in [1.54, 1.807) is 29.9 Å². The van der Waals surface area contributed by atoms with Crippen molar-refractivity contribution < 1.29 is 4.79 Å². The van der Waals surface area contributed by atoms with Crippen LogP contribution in [0, 0.1) is 0 Å². The first kappa shape index (κ1) is 15.1. The Hall–Kier alpha value is -3.47. The van der Waals surface area contributed by atoms with Gasteiger partial charge < -0.3 is 5.32 Å². The van der Waals surface area contributed by atoms with Gasteiger partial charge >= 0.3 is 0 Å². The number of hydrogen-bond acceptors (Lipinski definition) is 3. The normalized spacial score (nSPS) is 10.9. The molecule has 122 valence electrons. The number of carbonyl (C=O) groups excluding carboxylic acids is 1. The zero-order valence-electron chi connectivity index (χ0n) is 13.6. The van der Waals surface area contributed by atoms with Crippen molar-refractivity contribution in [2.24, 2.45) is 7.05 Å². The molecule has 0 saturated carbocycles. The highest BCUT2D eigenvalue weighted by molar-refractivity contribution is 6.09. The number of amides is 1. The molecule has 0 bridgehead atoms. The first-order chi connectivity index (χ1) is 12.1. The highest BCUT2D eigenvalue weighted by Crippen LogP contribution is 2.23. The van der Waals surface area contributed by atoms with Gasteiger partial charge in [0.25, 0.3) is 5.91 Å². The maximum absolute atomic E-state index is 12.7. The number of hydrogen-bond donors (Lipinski definition) is 1. The molecule has 4 aromatic rings. The molecule has 0 spiro atoms. The summed E-state index contributed by atoms with van der Waals surface area (Å²) in [4.78, 5) is 25.3. The minimum Gasteiger partial charge on any atom is -0.320 e. The maximum atomic E-state index is 12.7. The number of carbonyl (C=O) groups is 1. The second-order valence-corrected chi connectivity index (χ2v) is 5.80. The van der Waals surface area contributed by atoms with Gasteiger partial charge in [0, 0.05) is 23.5 Å². The lowest BCUT2D eigenvalue weighted by atomic mass is 10.1. The number of nitrogens with zero attached hydrogens (tertiary/aromatic N) is 2. The van der Waals surface area contributed by atoms with E-state index in [1.807, 2.05) is 48.5 Å². The van der Waals surface area contributed by atoms with E-state index in [4.69, 9.17) is 0 Å². The van der Waals surface area contributed by atoms with Crippen LogP contribution in [0.5, 0.6) is 0 Å². The van der Waals surface area contributed by atoms with Gasteiger partial charge in [-0.15, -0.1) is 0 Å². The van der Waals surface area contributed by atoms with Crippen molar-refractivity contribution in [2.75, 3.05) is 5.32 Å². The topological polar surface area (TPSA) is 64.0 Å². The molecule has 0 radical (unpaired) electrons. The molecule has 3 aromatic carbocycles. The second-order valence-electron chi connectivity index (χ2n) is 5.80. The smallest absolute Gasteiger partial charge is 0.280 e. The molecule has 0 fully saturated rings. The average Bonchev–Trinajstić information content (AvgIpc) is 2.65. The number of rotatable bonds is 2. The van der Waals surface area contributed by atoms with Crippen LogP contribution in [0.15, 0.2) is 71.5 Å². The van der Waals surface area contributed by atoms with Gasteiger partial charge in [-0.1, -0.05) is 48.5 Å². The molecule has 1 heterocycles. The summed E-state index contributed by atoms with van der Waals surface area (Å²) < 4.78 is 1.55. The summed E-state index contributed by atoms with van der Waals surface area (Å²) in [6, 6.07) is 20.5. The largest absolute Gasteiger partial charge is 0.320 e. The number of aromatic nitrogens is 2. The molecule has 5 heteroatoms. The predicted molar refractivity (Wildman–Crippen MR) is 98.9 cm³/mol. The zero-order valence-corrected chi connectivity index (χ0v) is 13.6. The highest BCUT2D eigenvalue weighted by atomic mass is 16.2. The van der Waals surface area contributed by atoms with Gasteiger partial charge in [0.1, 0.15) is 0 Å². The van der Waals surface area contributed by atoms with Crippen LogP contribution >= 0.6 is 0 Å². The lowest BCUT2D eigenvalue weighted by Crippen LogP contribution is -2.26. The molecule has 25 heavy (non-hydrogen) atoms. The summed E-state index contributed by atoms with van der Waals surface area (Å²) in [6.45, 7) is 0. The zero-order chi connectivity index (χ0) is 17.4. The second kappa shape index (κ2) is 5.87. The van der Waals surface area contributed by atoms with E-state index < -0.39 is 5.91 Å². The summed E-state index contributed by atoms with van der Waals surface area (Å²) in [5.41, 5.74) is 0.856. The number of para-hydroxylation sites is 1. The molecule has 0 aliphatic rings. The first-order valence-electron chi connectivity index (χ1n) is 7.90. The van der Waals surface area contributed by atoms with Crippen LogP contribution in [0.2, 0.25) is 0 Å². The van der Waals surface area contributed by atoms with Crippen molar-refractivity contribution >= 4 is 33.3 Å². The summed E-state index contributed by atoms with van der Waals surface area (Å²) >= 11 is 0. The van der Waals surface area contributed by atoms with Crippen LogP contribution in [0.25, 0.3) is 21.7 Å². The van der Waals surface area contributed by atoms with Crippen molar-refractivity contribution in [3.8, 4) is 0 Å². The van der Waals surface area contributed by atoms with E-state index in [2.05, 4.69) is 10.4 Å². The molecule has 1 N–H and O–H groups in total. The fourth-order valence-corrected chi connectivity index (χ4v) is 2.99. The Morgan fingerprint density at radius 3 is 2.44 bits per heavy atom. The Balaban J connectivity index is 1.80. The third-order valence-electron chi connectivity index (χ3n) is 4.22. The quantitative estimate of drug-likeness (QED) is 0.613. The van der Waals surface area contributed by atoms with Crippen LogP contribution in [0.1, 0.15) is 10.5 Å². The predicted octanol–water partition coefficient (Wildman–Crippen LogP) is 3.34. The van der Waals surface area contributed by atoms with Gasteiger partial charge in [0.05, 0.1) is 5.52 Å². The number of benzene rings is 3. The molecular weight excluding hydrogens is 314 g/mol. The molecule has 1 aromatic heterocycles. The first-order valence-corrected chi connectivity index (χ1v) is 7.90. The Bertz CT molecular complexity index is 1170. The molecule has 0 aliphatic heterocycles. The van der Waals surface area contributed by atoms with Crippen LogP contribution in [0.3, 0.4) is 0 Å². The Kier molecular flexibility index (Phi) is 3.54. The summed E-state index contributed by atoms with van der Waals surface area (Å²) in [5.74, 6) is -0.511. The van der Waals surface area contributed by atoms with Crippen molar-refractivity contribution in [3.05, 3.63) is 82.6 Å². The molecular formula is C20H15N3O2. The van der Waals surface area contributed by atoms with Crippen LogP contribution in [0.4, 0.5) is 5.69 Å². The molecule has 1 amide bonds. The Labute approximate surface area is 143 Å². The molecule has 0 unspecified atom stereocenters. The fourth-order valence-electron chi connectivity index (χ4n) is 2.99. The van der Waals surface area contributed by atoms with Gasteiger partial charge in [0.2, 0.25) is 5.43 Å². The standard InChI is InChI=1S/C20H15N3O2/c1-23-17-12-5-4-10-15(17)19(24)18(22-23)20(25)21-16-11-6-8-13-7-2-3-9-14(13)16/h2-12H,1H3,(H,21,25). The van der Waals surface area contributed by atoms with Gasteiger partial charge in [0.15, 0.2) is 5.69 Å².